The van der Waals surface area contributed by atoms with Crippen molar-refractivity contribution in [3.63, 3.8) is 0 Å². The maximum Gasteiger partial charge on any atom is 0.388 e. The van der Waals surface area contributed by atoms with Crippen LogP contribution in [0.25, 0.3) is 11.3 Å². The molecule has 0 saturated carbocycles. The Morgan fingerprint density at radius 2 is 1.96 bits per heavy atom. The summed E-state index contributed by atoms with van der Waals surface area (Å²) < 4.78 is 40.0. The van der Waals surface area contributed by atoms with Crippen LogP contribution in [0.2, 0.25) is 15.1 Å². The number of aromatic nitrogens is 2. The first-order valence-corrected chi connectivity index (χ1v) is 7.74. The summed E-state index contributed by atoms with van der Waals surface area (Å²) in [7, 11) is 2.59. The molecule has 6 nitrogen and oxygen atoms in total. The van der Waals surface area contributed by atoms with Gasteiger partial charge in [-0.1, -0.05) is 34.8 Å². The standard InChI is InChI=1S/C14H11Cl3F2N2O4/c1-21-13(25-14(18)19)11(17)12(20-21)6-3-9(8(16)4-7(6)15)24-5-10(22)23-2/h3-4,14H,5H2,1-2H3. The van der Waals surface area contributed by atoms with E-state index < -0.39 is 12.6 Å². The molecule has 0 unspecified atom stereocenters. The molecule has 1 aromatic heterocycles. The van der Waals surface area contributed by atoms with Crippen molar-refractivity contribution in [1.82, 2.24) is 9.78 Å². The summed E-state index contributed by atoms with van der Waals surface area (Å²) in [5, 5.41) is 4.15. The predicted octanol–water partition coefficient (Wildman–Crippen LogP) is 4.20. The van der Waals surface area contributed by atoms with E-state index >= 15 is 0 Å². The summed E-state index contributed by atoms with van der Waals surface area (Å²) in [5.41, 5.74) is 0.347. The van der Waals surface area contributed by atoms with Gasteiger partial charge in [-0.25, -0.2) is 9.48 Å². The Morgan fingerprint density at radius 3 is 2.56 bits per heavy atom. The molecular weight excluding hydrogens is 405 g/mol. The van der Waals surface area contributed by atoms with E-state index in [1.54, 1.807) is 0 Å². The molecule has 0 aliphatic carbocycles. The zero-order valence-electron chi connectivity index (χ0n) is 12.9. The summed E-state index contributed by atoms with van der Waals surface area (Å²) in [6.07, 6.45) is 0. The Bertz CT molecular complexity index is 799. The molecule has 0 bridgehead atoms. The highest BCUT2D eigenvalue weighted by Crippen LogP contribution is 2.42. The molecule has 1 aromatic carbocycles. The van der Waals surface area contributed by atoms with Crippen molar-refractivity contribution < 1.29 is 27.8 Å². The first-order valence-electron chi connectivity index (χ1n) is 6.61. The fourth-order valence-electron chi connectivity index (χ4n) is 1.88. The number of aryl methyl sites for hydroxylation is 1. The number of hydrogen-bond acceptors (Lipinski definition) is 5. The van der Waals surface area contributed by atoms with Crippen molar-refractivity contribution in [2.75, 3.05) is 13.7 Å². The van der Waals surface area contributed by atoms with Crippen LogP contribution in [-0.4, -0.2) is 36.1 Å². The minimum absolute atomic E-state index is 0.0874. The normalized spacial score (nSPS) is 10.9. The Morgan fingerprint density at radius 1 is 1.28 bits per heavy atom. The van der Waals surface area contributed by atoms with E-state index in [9.17, 15) is 13.6 Å². The molecule has 0 atom stereocenters. The zero-order chi connectivity index (χ0) is 18.7. The summed E-state index contributed by atoms with van der Waals surface area (Å²) in [5.74, 6) is -0.824. The molecule has 1 heterocycles. The summed E-state index contributed by atoms with van der Waals surface area (Å²) in [6.45, 7) is -3.45. The fourth-order valence-corrected chi connectivity index (χ4v) is 2.72. The number of halogens is 5. The molecule has 0 saturated heterocycles. The number of esters is 1. The Kier molecular flexibility index (Phi) is 6.31. The Labute approximate surface area is 156 Å². The average Bonchev–Trinajstić information content (AvgIpc) is 2.81. The number of benzene rings is 1. The molecule has 2 rings (SSSR count). The van der Waals surface area contributed by atoms with E-state index in [1.807, 2.05) is 0 Å². The second-order valence-corrected chi connectivity index (χ2v) is 5.79. The summed E-state index contributed by atoms with van der Waals surface area (Å²) in [4.78, 5) is 11.2. The van der Waals surface area contributed by atoms with Crippen molar-refractivity contribution in [3.05, 3.63) is 27.2 Å². The van der Waals surface area contributed by atoms with Crippen molar-refractivity contribution >= 4 is 40.8 Å². The predicted molar refractivity (Wildman–Crippen MR) is 87.8 cm³/mol. The molecule has 0 amide bonds. The molecule has 136 valence electrons. The van der Waals surface area contributed by atoms with Crippen molar-refractivity contribution in [2.45, 2.75) is 6.61 Å². The van der Waals surface area contributed by atoms with Crippen LogP contribution in [0.1, 0.15) is 0 Å². The smallest absolute Gasteiger partial charge is 0.388 e. The van der Waals surface area contributed by atoms with Crippen LogP contribution >= 0.6 is 34.8 Å². The van der Waals surface area contributed by atoms with Crippen LogP contribution in [0.15, 0.2) is 12.1 Å². The lowest BCUT2D eigenvalue weighted by Crippen LogP contribution is -2.12. The lowest BCUT2D eigenvalue weighted by Gasteiger charge is -2.10. The Hall–Kier alpha value is -1.77. The lowest BCUT2D eigenvalue weighted by molar-refractivity contribution is -0.142. The van der Waals surface area contributed by atoms with Crippen LogP contribution < -0.4 is 9.47 Å². The van der Waals surface area contributed by atoms with E-state index in [2.05, 4.69) is 14.6 Å². The van der Waals surface area contributed by atoms with Crippen molar-refractivity contribution in [1.29, 1.82) is 0 Å². The topological polar surface area (TPSA) is 62.6 Å². The van der Waals surface area contributed by atoms with E-state index in [0.29, 0.717) is 0 Å². The first-order chi connectivity index (χ1) is 11.7. The van der Waals surface area contributed by atoms with Crippen molar-refractivity contribution in [3.8, 4) is 22.9 Å². The number of ether oxygens (including phenoxy) is 3. The number of rotatable bonds is 6. The Balaban J connectivity index is 2.44. The number of methoxy groups -OCH3 is 1. The number of alkyl halides is 2. The van der Waals surface area contributed by atoms with Crippen LogP contribution in [0.5, 0.6) is 11.6 Å². The molecule has 2 aromatic rings. The van der Waals surface area contributed by atoms with Gasteiger partial charge in [0, 0.05) is 12.6 Å². The molecule has 0 N–H and O–H groups in total. The van der Waals surface area contributed by atoms with Gasteiger partial charge in [0.25, 0.3) is 0 Å². The highest BCUT2D eigenvalue weighted by atomic mass is 35.5. The summed E-state index contributed by atoms with van der Waals surface area (Å²) >= 11 is 18.2. The highest BCUT2D eigenvalue weighted by molar-refractivity contribution is 6.39. The van der Waals surface area contributed by atoms with Gasteiger partial charge in [0.05, 0.1) is 17.2 Å². The van der Waals surface area contributed by atoms with Crippen LogP contribution in [0, 0.1) is 0 Å². The third-order valence-corrected chi connectivity index (χ3v) is 3.94. The van der Waals surface area contributed by atoms with E-state index in [4.69, 9.17) is 39.5 Å². The summed E-state index contributed by atoms with van der Waals surface area (Å²) in [6, 6.07) is 2.73. The fraction of sp³-hybridized carbons (Fsp3) is 0.286. The number of carbonyl (C=O) groups excluding carboxylic acids is 1. The van der Waals surface area contributed by atoms with Crippen LogP contribution in [-0.2, 0) is 16.6 Å². The third kappa shape index (κ3) is 4.45. The van der Waals surface area contributed by atoms with Gasteiger partial charge in [0.1, 0.15) is 16.5 Å². The largest absolute Gasteiger partial charge is 0.480 e. The highest BCUT2D eigenvalue weighted by Gasteiger charge is 2.23. The molecule has 0 aliphatic heterocycles. The van der Waals surface area contributed by atoms with Gasteiger partial charge in [-0.2, -0.15) is 13.9 Å². The van der Waals surface area contributed by atoms with E-state index in [1.165, 1.54) is 26.3 Å². The second-order valence-electron chi connectivity index (χ2n) is 4.60. The molecule has 0 radical (unpaired) electrons. The van der Waals surface area contributed by atoms with Gasteiger partial charge in [-0.3, -0.25) is 0 Å². The van der Waals surface area contributed by atoms with E-state index in [-0.39, 0.29) is 44.6 Å². The van der Waals surface area contributed by atoms with Crippen LogP contribution in [0.4, 0.5) is 8.78 Å². The van der Waals surface area contributed by atoms with Gasteiger partial charge in [-0.15, -0.1) is 0 Å². The molecule has 0 spiro atoms. The van der Waals surface area contributed by atoms with Gasteiger partial charge in [0.15, 0.2) is 6.61 Å². The number of hydrogen-bond donors (Lipinski definition) is 0. The first kappa shape index (κ1) is 19.6. The van der Waals surface area contributed by atoms with Gasteiger partial charge >= 0.3 is 12.6 Å². The molecular formula is C14H11Cl3F2N2O4. The molecule has 0 aliphatic rings. The van der Waals surface area contributed by atoms with Crippen LogP contribution in [0.3, 0.4) is 0 Å². The average molecular weight is 416 g/mol. The lowest BCUT2D eigenvalue weighted by atomic mass is 10.1. The van der Waals surface area contributed by atoms with E-state index in [0.717, 1.165) is 4.68 Å². The molecule has 25 heavy (non-hydrogen) atoms. The maximum absolute atomic E-state index is 12.5. The third-order valence-electron chi connectivity index (χ3n) is 2.99. The second kappa shape index (κ2) is 8.07. The van der Waals surface area contributed by atoms with Crippen molar-refractivity contribution in [2.24, 2.45) is 7.05 Å². The maximum atomic E-state index is 12.5. The molecule has 11 heteroatoms. The number of carbonyl (C=O) groups is 1. The minimum Gasteiger partial charge on any atom is -0.480 e. The zero-order valence-corrected chi connectivity index (χ0v) is 15.1. The quantitative estimate of drug-likeness (QED) is 0.662. The SMILES string of the molecule is COC(=O)COc1cc(-c2nn(C)c(OC(F)F)c2Cl)c(Cl)cc1Cl. The van der Waals surface area contributed by atoms with Gasteiger partial charge < -0.3 is 14.2 Å². The number of nitrogens with zero attached hydrogens (tertiary/aromatic N) is 2. The van der Waals surface area contributed by atoms with Gasteiger partial charge in [-0.05, 0) is 12.1 Å². The monoisotopic (exact) mass is 414 g/mol. The minimum atomic E-state index is -3.07. The molecule has 0 fully saturated rings. The van der Waals surface area contributed by atoms with Gasteiger partial charge in [0.2, 0.25) is 5.88 Å².